The second-order valence-electron chi connectivity index (χ2n) is 25.1. The summed E-state index contributed by atoms with van der Waals surface area (Å²) in [5.41, 5.74) is 7.12. The van der Waals surface area contributed by atoms with Gasteiger partial charge >= 0.3 is 41.8 Å². The average molecular weight is 1880 g/mol. The molecule has 0 N–H and O–H groups in total. The first-order valence-corrected chi connectivity index (χ1v) is 43.5. The molecule has 0 radical (unpaired) electrons. The van der Waals surface area contributed by atoms with Crippen LogP contribution in [0.3, 0.4) is 0 Å². The molecule has 2 amide bonds. The summed E-state index contributed by atoms with van der Waals surface area (Å²) in [6.07, 6.45) is 20.0. The number of amides is 2. The lowest BCUT2D eigenvalue weighted by Crippen LogP contribution is -2.31. The summed E-state index contributed by atoms with van der Waals surface area (Å²) in [6.45, 7) is 55.5. The number of hydrogen-bond acceptors (Lipinski definition) is 30. The van der Waals surface area contributed by atoms with E-state index in [1.807, 2.05) is 66.7 Å². The number of nitrogens with zero attached hydrogens (tertiary/aromatic N) is 2. The van der Waals surface area contributed by atoms with Crippen molar-refractivity contribution in [2.75, 3.05) is 129 Å². The molecule has 36 heteroatoms. The van der Waals surface area contributed by atoms with Crippen LogP contribution >= 0.6 is 23.2 Å². The van der Waals surface area contributed by atoms with Gasteiger partial charge in [-0.15, -0.1) is 29.8 Å². The van der Waals surface area contributed by atoms with E-state index in [2.05, 4.69) is 109 Å². The topological polar surface area (TPSA) is 400 Å². The number of benzene rings is 3. The van der Waals surface area contributed by atoms with Crippen LogP contribution in [-0.4, -0.2) is 222 Å². The zero-order valence-electron chi connectivity index (χ0n) is 73.4. The molecule has 8 rings (SSSR count). The standard InChI is InChI=1S/C13H11NO2.C11H13ClO2S.C11H12O2.C10H18ClNO4S.C9H10O4.C9H14O3.C8H8O3.C8H12O3.C7H10O4.C7H10O3/c1-2-10-3-5-11(6-4-10)9-14-12(15)7-8-13(14)16;1-2-10-3-5-11(6-4-10)9-15(13,14)8-7-12;1-2-9-3-5-10(6-4-9)7-12-11-8-13-11;1-9(2)10(13)16-7-4-6-12(3)17(14,15)8-5-11;1-2-8(10)11-6-7-13-9-4-3-5-12-9;1-4-5-11-6-7-12-9(10)8(2)3;1-2-8(9)11-6-7-4-3-5-10-7;1-4-10-5-6-11-8(9)7(2)3;1-2-6(8)9-3-4-10-7-5-11-7;1-3-7(8)10-6-5-9-4-2/h2-8H,1,9H2;2-6H,1,7-9H2;2-6,11H,1,7-8H2;1,4-8H2,2-3H3;2-5H,1,6-7H2;4H,1-2,5-7H2,3H3;2-5H,1,6H2;4H,1-2,5-6H2,3H3;2,7H,1,3-5H2;3-4H,1-2,5-6H2. The van der Waals surface area contributed by atoms with Gasteiger partial charge in [-0.05, 0) is 78.8 Å². The molecule has 0 spiro atoms. The van der Waals surface area contributed by atoms with Gasteiger partial charge in [0.2, 0.25) is 10.0 Å². The van der Waals surface area contributed by atoms with Gasteiger partial charge in [0.1, 0.15) is 78.4 Å². The molecule has 2 atom stereocenters. The molecule has 3 aliphatic rings. The maximum atomic E-state index is 11.5. The predicted octanol–water partition coefficient (Wildman–Crippen LogP) is 13.9. The van der Waals surface area contributed by atoms with E-state index < -0.39 is 55.7 Å². The SMILES string of the molecule is C=C(C)C(=O)OCCCN(C)S(=O)(=O)CCCl.C=CC(=O)OCCOC1CO1.C=CC(=O)OCCOc1ccco1.C=CC(=O)OCc1ccco1.C=CCOCCOC(=O)C(=C)C.C=COCCOC(=O)C(=C)C.C=COCCOC(=O)C=C.C=Cc1ccc(CN2C(=O)C=CC2=O)cc1.C=Cc1ccc(COC2CO2)cc1.C=Cc1ccc(CS(=O)(=O)CCCl)cc1. The van der Waals surface area contributed by atoms with Crippen LogP contribution < -0.4 is 4.74 Å². The van der Waals surface area contributed by atoms with Crippen LogP contribution in [-0.2, 0) is 155 Å². The lowest BCUT2D eigenvalue weighted by molar-refractivity contribution is -0.141. The Balaban J connectivity index is 0. The van der Waals surface area contributed by atoms with Crippen LogP contribution in [0.2, 0.25) is 0 Å². The normalized spacial score (nSPS) is 12.3. The van der Waals surface area contributed by atoms with Crippen LogP contribution in [0.15, 0.2) is 276 Å². The highest BCUT2D eigenvalue weighted by Gasteiger charge is 2.25. The third-order valence-electron chi connectivity index (χ3n) is 14.5. The highest BCUT2D eigenvalue weighted by Crippen LogP contribution is 2.17. The Morgan fingerprint density at radius 1 is 0.481 bits per heavy atom. The number of halogens is 2. The van der Waals surface area contributed by atoms with Crippen LogP contribution in [0.25, 0.3) is 18.2 Å². The van der Waals surface area contributed by atoms with Crippen molar-refractivity contribution in [1.29, 1.82) is 0 Å². The molecule has 2 fully saturated rings. The number of rotatable bonds is 49. The predicted molar refractivity (Wildman–Crippen MR) is 491 cm³/mol. The Morgan fingerprint density at radius 3 is 1.30 bits per heavy atom. The number of hydrogen-bond donors (Lipinski definition) is 0. The molecule has 3 aromatic carbocycles. The quantitative estimate of drug-likeness (QED) is 0.00401. The minimum Gasteiger partial charge on any atom is -0.498 e. The average Bonchev–Trinajstić information content (AvgIpc) is 1.73. The van der Waals surface area contributed by atoms with Crippen molar-refractivity contribution in [1.82, 2.24) is 9.21 Å². The van der Waals surface area contributed by atoms with Gasteiger partial charge in [0, 0.05) is 84.6 Å². The van der Waals surface area contributed by atoms with E-state index in [0.717, 1.165) is 58.7 Å². The Kier molecular flexibility index (Phi) is 68.7. The van der Waals surface area contributed by atoms with Crippen molar-refractivity contribution in [3.8, 4) is 5.95 Å². The van der Waals surface area contributed by atoms with E-state index in [0.29, 0.717) is 94.2 Å². The van der Waals surface area contributed by atoms with E-state index >= 15 is 0 Å². The fourth-order valence-corrected chi connectivity index (χ4v) is 11.1. The van der Waals surface area contributed by atoms with Crippen LogP contribution in [0, 0.1) is 0 Å². The van der Waals surface area contributed by atoms with Crippen molar-refractivity contribution < 1.29 is 140 Å². The monoisotopic (exact) mass is 1880 g/mol. The van der Waals surface area contributed by atoms with Gasteiger partial charge in [-0.25, -0.2) is 54.7 Å². The number of esters is 7. The van der Waals surface area contributed by atoms with E-state index in [9.17, 15) is 60.0 Å². The summed E-state index contributed by atoms with van der Waals surface area (Å²) >= 11 is 10.8. The lowest BCUT2D eigenvalue weighted by atomic mass is 10.1. The van der Waals surface area contributed by atoms with Gasteiger partial charge in [0.15, 0.2) is 22.4 Å². The van der Waals surface area contributed by atoms with Gasteiger partial charge in [-0.2, -0.15) is 0 Å². The second kappa shape index (κ2) is 74.7. The molecule has 0 bridgehead atoms. The Bertz CT molecular complexity index is 4500. The van der Waals surface area contributed by atoms with E-state index in [-0.39, 0.29) is 112 Å². The lowest BCUT2D eigenvalue weighted by Gasteiger charge is -2.16. The molecular formula is C93H118Cl2N2O30S2. The molecule has 2 aromatic heterocycles. The van der Waals surface area contributed by atoms with Crippen molar-refractivity contribution >= 4 is 115 Å². The van der Waals surface area contributed by atoms with Gasteiger partial charge in [0.25, 0.3) is 17.8 Å². The van der Waals surface area contributed by atoms with Crippen molar-refractivity contribution in [2.24, 2.45) is 0 Å². The van der Waals surface area contributed by atoms with Crippen molar-refractivity contribution in [3.63, 3.8) is 0 Å². The Morgan fingerprint density at radius 2 is 0.891 bits per heavy atom. The number of sulfone groups is 1. The number of epoxide rings is 2. The van der Waals surface area contributed by atoms with Gasteiger partial charge in [0.05, 0.1) is 81.9 Å². The number of carbonyl (C=O) groups is 9. The van der Waals surface area contributed by atoms with Gasteiger partial charge in [-0.1, -0.05) is 176 Å². The van der Waals surface area contributed by atoms with Gasteiger partial charge in [-0.3, -0.25) is 14.5 Å². The molecule has 5 aromatic rings. The number of imide groups is 1. The van der Waals surface area contributed by atoms with E-state index in [4.69, 9.17) is 79.4 Å². The summed E-state index contributed by atoms with van der Waals surface area (Å²) in [5.74, 6) is -2.25. The molecular weight excluding hydrogens is 1760 g/mol. The summed E-state index contributed by atoms with van der Waals surface area (Å²) < 4.78 is 129. The summed E-state index contributed by atoms with van der Waals surface area (Å²) in [4.78, 5) is 98.2. The third-order valence-corrected chi connectivity index (χ3v) is 18.8. The molecule has 5 heterocycles. The van der Waals surface area contributed by atoms with Crippen LogP contribution in [0.4, 0.5) is 0 Å². The highest BCUT2D eigenvalue weighted by atomic mass is 35.5. The Labute approximate surface area is 766 Å². The minimum atomic E-state index is -3.28. The highest BCUT2D eigenvalue weighted by molar-refractivity contribution is 7.90. The minimum absolute atomic E-state index is 0.0256. The molecule has 32 nitrogen and oxygen atoms in total. The molecule has 706 valence electrons. The number of sulfonamides is 1. The maximum absolute atomic E-state index is 11.5. The van der Waals surface area contributed by atoms with E-state index in [1.54, 1.807) is 75.4 Å². The molecule has 0 saturated carbocycles. The summed E-state index contributed by atoms with van der Waals surface area (Å²) in [7, 11) is -4.87. The summed E-state index contributed by atoms with van der Waals surface area (Å²) in [6, 6.07) is 29.8. The molecule has 2 unspecified atom stereocenters. The smallest absolute Gasteiger partial charge is 0.333 e. The fourth-order valence-electron chi connectivity index (χ4n) is 7.77. The number of ether oxygens (including phenoxy) is 15. The number of alkyl halides is 2. The van der Waals surface area contributed by atoms with Crippen LogP contribution in [0.5, 0.6) is 5.95 Å². The number of furan rings is 2. The van der Waals surface area contributed by atoms with Gasteiger partial charge < -0.3 is 79.9 Å². The molecule has 2 saturated heterocycles. The van der Waals surface area contributed by atoms with E-state index in [1.165, 1.54) is 59.0 Å². The third kappa shape index (κ3) is 66.7. The first-order chi connectivity index (χ1) is 61.6. The number of carbonyl (C=O) groups excluding carboxylic acids is 9. The first kappa shape index (κ1) is 119. The zero-order valence-corrected chi connectivity index (χ0v) is 76.5. The molecule has 0 aliphatic carbocycles. The summed E-state index contributed by atoms with van der Waals surface area (Å²) in [5, 5.41) is 0. The Hall–Kier alpha value is -12.4. The molecule has 129 heavy (non-hydrogen) atoms. The zero-order chi connectivity index (χ0) is 97.1. The first-order valence-electron chi connectivity index (χ1n) is 39.0. The molecule has 3 aliphatic heterocycles. The maximum Gasteiger partial charge on any atom is 0.333 e. The van der Waals surface area contributed by atoms with Crippen molar-refractivity contribution in [2.45, 2.75) is 65.3 Å². The fraction of sp³-hybridized carbons (Fsp3) is 0.323. The van der Waals surface area contributed by atoms with Crippen molar-refractivity contribution in [3.05, 3.63) is 306 Å². The van der Waals surface area contributed by atoms with Crippen LogP contribution in [0.1, 0.15) is 66.3 Å². The second-order valence-corrected chi connectivity index (χ2v) is 30.2. The largest absolute Gasteiger partial charge is 0.498 e.